The van der Waals surface area contributed by atoms with E-state index in [1.165, 1.54) is 0 Å². The van der Waals surface area contributed by atoms with Crippen LogP contribution in [0, 0.1) is 0 Å². The van der Waals surface area contributed by atoms with E-state index in [2.05, 4.69) is 0 Å². The van der Waals surface area contributed by atoms with Gasteiger partial charge in [-0.3, -0.25) is 5.32 Å². The molecule has 0 amide bonds. The summed E-state index contributed by atoms with van der Waals surface area (Å²) in [6, 6.07) is -1.61. The van der Waals surface area contributed by atoms with Crippen LogP contribution in [0.2, 0.25) is 0 Å². The van der Waals surface area contributed by atoms with Crippen LogP contribution >= 0.6 is 0 Å². The van der Waals surface area contributed by atoms with Gasteiger partial charge < -0.3 is 4.79 Å². The van der Waals surface area contributed by atoms with Crippen molar-refractivity contribution in [3.05, 3.63) is 0 Å². The van der Waals surface area contributed by atoms with Gasteiger partial charge in [0.25, 0.3) is 0 Å². The Bertz CT molecular complexity index is 112. The van der Waals surface area contributed by atoms with E-state index in [0.29, 0.717) is 6.29 Å². The molecule has 10 heavy (non-hydrogen) atoms. The van der Waals surface area contributed by atoms with Crippen LogP contribution in [0.5, 0.6) is 0 Å². The van der Waals surface area contributed by atoms with E-state index in [1.807, 2.05) is 5.32 Å². The highest BCUT2D eigenvalue weighted by Gasteiger charge is 2.35. The minimum absolute atomic E-state index is 0.263. The molecule has 0 aromatic carbocycles. The molecule has 60 valence electrons. The van der Waals surface area contributed by atoms with Gasteiger partial charge in [0.05, 0.1) is 6.54 Å². The molecule has 0 aromatic heterocycles. The van der Waals surface area contributed by atoms with Crippen molar-refractivity contribution < 1.29 is 18.0 Å². The molecule has 0 saturated carbocycles. The topological polar surface area (TPSA) is 29.1 Å². The van der Waals surface area contributed by atoms with E-state index in [0.717, 1.165) is 6.92 Å². The summed E-state index contributed by atoms with van der Waals surface area (Å²) in [5.41, 5.74) is 0. The van der Waals surface area contributed by atoms with E-state index in [4.69, 9.17) is 0 Å². The van der Waals surface area contributed by atoms with Gasteiger partial charge in [-0.1, -0.05) is 0 Å². The first kappa shape index (κ1) is 9.42. The normalized spacial score (nSPS) is 14.8. The Morgan fingerprint density at radius 2 is 2.10 bits per heavy atom. The molecule has 0 aliphatic carbocycles. The van der Waals surface area contributed by atoms with E-state index in [9.17, 15) is 18.0 Å². The van der Waals surface area contributed by atoms with Gasteiger partial charge in [0.1, 0.15) is 12.3 Å². The second-order valence-electron chi connectivity index (χ2n) is 1.84. The average Bonchev–Trinajstić information content (AvgIpc) is 1.80. The average molecular weight is 155 g/mol. The summed E-state index contributed by atoms with van der Waals surface area (Å²) < 4.78 is 34.8. The molecule has 0 unspecified atom stereocenters. The maximum Gasteiger partial charge on any atom is 0.403 e. The molecule has 0 spiro atoms. The van der Waals surface area contributed by atoms with Gasteiger partial charge in [0.15, 0.2) is 0 Å². The molecule has 1 atom stereocenters. The van der Waals surface area contributed by atoms with Crippen molar-refractivity contribution in [3.8, 4) is 0 Å². The Labute approximate surface area is 56.4 Å². The highest BCUT2D eigenvalue weighted by Crippen LogP contribution is 2.18. The van der Waals surface area contributed by atoms with Gasteiger partial charge in [-0.15, -0.1) is 0 Å². The molecule has 0 heterocycles. The lowest BCUT2D eigenvalue weighted by Gasteiger charge is -2.14. The van der Waals surface area contributed by atoms with Gasteiger partial charge in [-0.05, 0) is 6.92 Å². The smallest absolute Gasteiger partial charge is 0.302 e. The maximum absolute atomic E-state index is 11.6. The number of hydrogen-bond acceptors (Lipinski definition) is 2. The van der Waals surface area contributed by atoms with Crippen molar-refractivity contribution in [1.82, 2.24) is 5.32 Å². The summed E-state index contributed by atoms with van der Waals surface area (Å²) in [6.07, 6.45) is -3.87. The maximum atomic E-state index is 11.6. The monoisotopic (exact) mass is 155 g/mol. The lowest BCUT2D eigenvalue weighted by atomic mass is 10.3. The number of alkyl halides is 3. The third-order valence-corrected chi connectivity index (χ3v) is 0.998. The summed E-state index contributed by atoms with van der Waals surface area (Å²) in [6.45, 7) is 0.699. The van der Waals surface area contributed by atoms with Crippen LogP contribution in [-0.2, 0) is 4.79 Å². The molecular formula is C5H8F3NO. The number of hydrogen-bond donors (Lipinski definition) is 1. The van der Waals surface area contributed by atoms with Crippen molar-refractivity contribution in [1.29, 1.82) is 0 Å². The van der Waals surface area contributed by atoms with E-state index in [-0.39, 0.29) is 6.54 Å². The molecule has 0 rings (SSSR count). The first-order valence-corrected chi connectivity index (χ1v) is 2.72. The summed E-state index contributed by atoms with van der Waals surface area (Å²) in [5.74, 6) is 0. The van der Waals surface area contributed by atoms with E-state index >= 15 is 0 Å². The highest BCUT2D eigenvalue weighted by atomic mass is 19.4. The lowest BCUT2D eigenvalue weighted by molar-refractivity contribution is -0.151. The number of carbonyl (C=O) groups is 1. The Kier molecular flexibility index (Phi) is 3.35. The molecular weight excluding hydrogens is 147 g/mol. The predicted octanol–water partition coefficient (Wildman–Crippen LogP) is 0.726. The van der Waals surface area contributed by atoms with Crippen LogP contribution in [0.3, 0.4) is 0 Å². The highest BCUT2D eigenvalue weighted by molar-refractivity contribution is 5.51. The largest absolute Gasteiger partial charge is 0.403 e. The molecule has 1 N–H and O–H groups in total. The molecule has 0 aliphatic heterocycles. The standard InChI is InChI=1S/C5H8F3NO/c1-4(5(6,7)8)9-2-3-10/h3-4,9H,2H2,1H3/t4-/m1/s1. The van der Waals surface area contributed by atoms with Crippen molar-refractivity contribution in [3.63, 3.8) is 0 Å². The second kappa shape index (κ2) is 3.55. The van der Waals surface area contributed by atoms with Gasteiger partial charge in [-0.25, -0.2) is 0 Å². The summed E-state index contributed by atoms with van der Waals surface area (Å²) >= 11 is 0. The quantitative estimate of drug-likeness (QED) is 0.608. The number of rotatable bonds is 3. The van der Waals surface area contributed by atoms with Gasteiger partial charge in [0, 0.05) is 0 Å². The molecule has 5 heteroatoms. The number of halogens is 3. The Hall–Kier alpha value is -0.580. The number of aldehydes is 1. The van der Waals surface area contributed by atoms with Crippen LogP contribution in [0.15, 0.2) is 0 Å². The van der Waals surface area contributed by atoms with E-state index < -0.39 is 12.2 Å². The zero-order valence-electron chi connectivity index (χ0n) is 5.40. The number of nitrogens with one attached hydrogen (secondary N) is 1. The Morgan fingerprint density at radius 1 is 1.60 bits per heavy atom. The molecule has 0 bridgehead atoms. The fraction of sp³-hybridized carbons (Fsp3) is 0.800. The summed E-state index contributed by atoms with van der Waals surface area (Å²) in [7, 11) is 0. The van der Waals surface area contributed by atoms with Gasteiger partial charge >= 0.3 is 6.18 Å². The molecule has 2 nitrogen and oxygen atoms in total. The van der Waals surface area contributed by atoms with Crippen molar-refractivity contribution in [2.24, 2.45) is 0 Å². The van der Waals surface area contributed by atoms with Crippen molar-refractivity contribution in [2.45, 2.75) is 19.1 Å². The zero-order chi connectivity index (χ0) is 8.20. The summed E-state index contributed by atoms with van der Waals surface area (Å²) in [4.78, 5) is 9.61. The SMILES string of the molecule is C[C@@H](NCC=O)C(F)(F)F. The van der Waals surface area contributed by atoms with Crippen molar-refractivity contribution in [2.75, 3.05) is 6.54 Å². The fourth-order valence-corrected chi connectivity index (χ4v) is 0.341. The third kappa shape index (κ3) is 3.45. The first-order chi connectivity index (χ1) is 4.48. The molecule has 0 aromatic rings. The zero-order valence-corrected chi connectivity index (χ0v) is 5.40. The Balaban J connectivity index is 3.61. The van der Waals surface area contributed by atoms with Crippen LogP contribution in [-0.4, -0.2) is 25.0 Å². The van der Waals surface area contributed by atoms with E-state index in [1.54, 1.807) is 0 Å². The minimum atomic E-state index is -4.26. The van der Waals surface area contributed by atoms with Crippen LogP contribution in [0.4, 0.5) is 13.2 Å². The molecule has 0 saturated heterocycles. The minimum Gasteiger partial charge on any atom is -0.302 e. The van der Waals surface area contributed by atoms with Gasteiger partial charge in [0.2, 0.25) is 0 Å². The lowest BCUT2D eigenvalue weighted by Crippen LogP contribution is -2.40. The van der Waals surface area contributed by atoms with Gasteiger partial charge in [-0.2, -0.15) is 13.2 Å². The molecule has 0 radical (unpaired) electrons. The van der Waals surface area contributed by atoms with Crippen LogP contribution in [0.25, 0.3) is 0 Å². The Morgan fingerprint density at radius 3 is 2.40 bits per heavy atom. The number of carbonyl (C=O) groups excluding carboxylic acids is 1. The molecule has 0 aliphatic rings. The predicted molar refractivity (Wildman–Crippen MR) is 29.6 cm³/mol. The third-order valence-electron chi connectivity index (χ3n) is 0.998. The first-order valence-electron chi connectivity index (χ1n) is 2.72. The van der Waals surface area contributed by atoms with Crippen molar-refractivity contribution >= 4 is 6.29 Å². The van der Waals surface area contributed by atoms with Crippen LogP contribution < -0.4 is 5.32 Å². The second-order valence-corrected chi connectivity index (χ2v) is 1.84. The molecule has 0 fully saturated rings. The van der Waals surface area contributed by atoms with Crippen LogP contribution in [0.1, 0.15) is 6.92 Å². The fourth-order valence-electron chi connectivity index (χ4n) is 0.341. The summed E-state index contributed by atoms with van der Waals surface area (Å²) in [5, 5.41) is 1.98.